The summed E-state index contributed by atoms with van der Waals surface area (Å²) in [5.41, 5.74) is 0.668. The Kier molecular flexibility index (Phi) is 3.42. The summed E-state index contributed by atoms with van der Waals surface area (Å²) in [5, 5.41) is 5.44. The van der Waals surface area contributed by atoms with Crippen LogP contribution in [0, 0.1) is 5.41 Å². The quantitative estimate of drug-likeness (QED) is 0.735. The molecule has 0 saturated heterocycles. The van der Waals surface area contributed by atoms with Crippen LogP contribution in [-0.4, -0.2) is 43.6 Å². The Labute approximate surface area is 96.4 Å². The number of carbonyl (C=O) groups excluding carboxylic acids is 1. The number of hydrazone groups is 1. The summed E-state index contributed by atoms with van der Waals surface area (Å²) in [7, 11) is -3.05. The van der Waals surface area contributed by atoms with Crippen molar-refractivity contribution in [2.75, 3.05) is 18.6 Å². The predicted molar refractivity (Wildman–Crippen MR) is 62.9 cm³/mol. The fourth-order valence-corrected chi connectivity index (χ4v) is 1.82. The molecule has 16 heavy (non-hydrogen) atoms. The van der Waals surface area contributed by atoms with Crippen LogP contribution in [0.4, 0.5) is 0 Å². The van der Waals surface area contributed by atoms with Crippen molar-refractivity contribution in [2.45, 2.75) is 27.2 Å². The van der Waals surface area contributed by atoms with Crippen molar-refractivity contribution in [1.82, 2.24) is 5.01 Å². The van der Waals surface area contributed by atoms with Crippen molar-refractivity contribution >= 4 is 21.5 Å². The molecule has 0 unspecified atom stereocenters. The Hall–Kier alpha value is -0.910. The molecule has 5 nitrogen and oxygen atoms in total. The fourth-order valence-electron chi connectivity index (χ4n) is 1.31. The zero-order valence-electron chi connectivity index (χ0n) is 10.1. The number of hydrogen-bond donors (Lipinski definition) is 0. The number of amides is 1. The van der Waals surface area contributed by atoms with Crippen molar-refractivity contribution in [3.63, 3.8) is 0 Å². The highest BCUT2D eigenvalue weighted by molar-refractivity contribution is 7.90. The molecule has 0 N–H and O–H groups in total. The summed E-state index contributed by atoms with van der Waals surface area (Å²) in [6.45, 7) is 6.11. The van der Waals surface area contributed by atoms with Gasteiger partial charge in [0.05, 0.1) is 24.4 Å². The van der Waals surface area contributed by atoms with Gasteiger partial charge in [-0.05, 0) is 0 Å². The third kappa shape index (κ3) is 3.59. The number of carbonyl (C=O) groups is 1. The molecule has 0 atom stereocenters. The van der Waals surface area contributed by atoms with Gasteiger partial charge in [-0.15, -0.1) is 0 Å². The van der Waals surface area contributed by atoms with Crippen LogP contribution < -0.4 is 0 Å². The molecular formula is C10H18N2O3S. The Morgan fingerprint density at radius 2 is 1.94 bits per heavy atom. The van der Waals surface area contributed by atoms with Crippen molar-refractivity contribution in [1.29, 1.82) is 0 Å². The first kappa shape index (κ1) is 13.2. The van der Waals surface area contributed by atoms with E-state index < -0.39 is 9.84 Å². The highest BCUT2D eigenvalue weighted by Crippen LogP contribution is 2.23. The van der Waals surface area contributed by atoms with Gasteiger partial charge in [-0.1, -0.05) is 20.8 Å². The summed E-state index contributed by atoms with van der Waals surface area (Å²) < 4.78 is 22.0. The van der Waals surface area contributed by atoms with Gasteiger partial charge in [0.1, 0.15) is 9.84 Å². The number of rotatable bonds is 3. The van der Waals surface area contributed by atoms with Gasteiger partial charge >= 0.3 is 0 Å². The second-order valence-corrected chi connectivity index (χ2v) is 7.38. The van der Waals surface area contributed by atoms with Crippen LogP contribution in [0.2, 0.25) is 0 Å². The molecule has 1 rings (SSSR count). The van der Waals surface area contributed by atoms with Crippen LogP contribution in [0.1, 0.15) is 27.2 Å². The molecule has 1 aliphatic rings. The molecule has 1 amide bonds. The summed E-state index contributed by atoms with van der Waals surface area (Å²) in [6, 6.07) is 0. The summed E-state index contributed by atoms with van der Waals surface area (Å²) in [5.74, 6) is -0.159. The number of hydrogen-bond acceptors (Lipinski definition) is 4. The Balaban J connectivity index is 2.70. The zero-order chi connectivity index (χ0) is 12.6. The lowest BCUT2D eigenvalue weighted by atomic mass is 9.88. The molecule has 1 heterocycles. The molecule has 0 bridgehead atoms. The molecule has 92 valence electrons. The maximum atomic E-state index is 11.6. The predicted octanol–water partition coefficient (Wildman–Crippen LogP) is 0.665. The van der Waals surface area contributed by atoms with E-state index in [1.165, 1.54) is 5.01 Å². The van der Waals surface area contributed by atoms with Gasteiger partial charge in [-0.3, -0.25) is 4.79 Å². The van der Waals surface area contributed by atoms with Crippen molar-refractivity contribution < 1.29 is 13.2 Å². The molecule has 0 saturated carbocycles. The standard InChI is InChI=1S/C10H18N2O3S/c1-10(2,3)8-7-9(13)12(11-8)5-6-16(4,14)15/h5-7H2,1-4H3. The van der Waals surface area contributed by atoms with E-state index in [0.29, 0.717) is 6.42 Å². The van der Waals surface area contributed by atoms with E-state index in [4.69, 9.17) is 0 Å². The first-order valence-corrected chi connectivity index (χ1v) is 7.22. The second kappa shape index (κ2) is 4.16. The van der Waals surface area contributed by atoms with Crippen LogP contribution >= 0.6 is 0 Å². The Morgan fingerprint density at radius 1 is 1.38 bits per heavy atom. The Bertz CT molecular complexity index is 418. The maximum Gasteiger partial charge on any atom is 0.248 e. The largest absolute Gasteiger partial charge is 0.273 e. The smallest absolute Gasteiger partial charge is 0.248 e. The first-order valence-electron chi connectivity index (χ1n) is 5.15. The lowest BCUT2D eigenvalue weighted by molar-refractivity contribution is -0.128. The van der Waals surface area contributed by atoms with Gasteiger partial charge in [-0.2, -0.15) is 5.10 Å². The first-order chi connectivity index (χ1) is 7.09. The van der Waals surface area contributed by atoms with Crippen LogP contribution in [-0.2, 0) is 14.6 Å². The van der Waals surface area contributed by atoms with Gasteiger partial charge in [0.2, 0.25) is 5.91 Å². The molecule has 0 spiro atoms. The van der Waals surface area contributed by atoms with Crippen molar-refractivity contribution in [3.8, 4) is 0 Å². The monoisotopic (exact) mass is 246 g/mol. The van der Waals surface area contributed by atoms with Crippen molar-refractivity contribution in [3.05, 3.63) is 0 Å². The minimum atomic E-state index is -3.05. The average Bonchev–Trinajstić information content (AvgIpc) is 2.41. The highest BCUT2D eigenvalue weighted by atomic mass is 32.2. The van der Waals surface area contributed by atoms with Gasteiger partial charge in [0.15, 0.2) is 0 Å². The third-order valence-corrected chi connectivity index (χ3v) is 3.31. The third-order valence-electron chi connectivity index (χ3n) is 2.39. The van der Waals surface area contributed by atoms with Crippen LogP contribution in [0.3, 0.4) is 0 Å². The van der Waals surface area contributed by atoms with Crippen LogP contribution in [0.25, 0.3) is 0 Å². The summed E-state index contributed by atoms with van der Waals surface area (Å²) in [4.78, 5) is 11.6. The van der Waals surface area contributed by atoms with E-state index in [0.717, 1.165) is 12.0 Å². The highest BCUT2D eigenvalue weighted by Gasteiger charge is 2.31. The molecular weight excluding hydrogens is 228 g/mol. The average molecular weight is 246 g/mol. The van der Waals surface area contributed by atoms with E-state index in [1.54, 1.807) is 0 Å². The Morgan fingerprint density at radius 3 is 2.31 bits per heavy atom. The molecule has 0 aromatic heterocycles. The normalized spacial score (nSPS) is 17.9. The fraction of sp³-hybridized carbons (Fsp3) is 0.800. The van der Waals surface area contributed by atoms with E-state index in [1.807, 2.05) is 20.8 Å². The van der Waals surface area contributed by atoms with Gasteiger partial charge in [-0.25, -0.2) is 13.4 Å². The molecule has 6 heteroatoms. The van der Waals surface area contributed by atoms with E-state index in [9.17, 15) is 13.2 Å². The minimum absolute atomic E-state index is 0.0420. The van der Waals surface area contributed by atoms with E-state index in [-0.39, 0.29) is 23.6 Å². The lowest BCUT2D eigenvalue weighted by Crippen LogP contribution is -2.26. The number of sulfone groups is 1. The molecule has 0 aliphatic carbocycles. The molecule has 1 aliphatic heterocycles. The topological polar surface area (TPSA) is 66.8 Å². The molecule has 0 radical (unpaired) electrons. The zero-order valence-corrected chi connectivity index (χ0v) is 11.0. The SMILES string of the molecule is CC(C)(C)C1=NN(CCS(C)(=O)=O)C(=O)C1. The van der Waals surface area contributed by atoms with Crippen molar-refractivity contribution in [2.24, 2.45) is 10.5 Å². The number of nitrogens with zero attached hydrogens (tertiary/aromatic N) is 2. The summed E-state index contributed by atoms with van der Waals surface area (Å²) in [6.07, 6.45) is 1.45. The van der Waals surface area contributed by atoms with E-state index in [2.05, 4.69) is 5.10 Å². The molecule has 0 aromatic rings. The van der Waals surface area contributed by atoms with Gasteiger partial charge in [0.25, 0.3) is 0 Å². The summed E-state index contributed by atoms with van der Waals surface area (Å²) >= 11 is 0. The minimum Gasteiger partial charge on any atom is -0.273 e. The maximum absolute atomic E-state index is 11.6. The van der Waals surface area contributed by atoms with Crippen LogP contribution in [0.15, 0.2) is 5.10 Å². The van der Waals surface area contributed by atoms with Gasteiger partial charge in [0, 0.05) is 11.7 Å². The van der Waals surface area contributed by atoms with Gasteiger partial charge < -0.3 is 0 Å². The molecule has 0 fully saturated rings. The van der Waals surface area contributed by atoms with E-state index >= 15 is 0 Å². The second-order valence-electron chi connectivity index (χ2n) is 5.12. The molecule has 0 aromatic carbocycles. The van der Waals surface area contributed by atoms with Crippen LogP contribution in [0.5, 0.6) is 0 Å². The lowest BCUT2D eigenvalue weighted by Gasteiger charge is -2.16.